The van der Waals surface area contributed by atoms with Gasteiger partial charge < -0.3 is 15.2 Å². The van der Waals surface area contributed by atoms with E-state index >= 15 is 0 Å². The number of carboxylic acid groups (broad SMARTS) is 1. The summed E-state index contributed by atoms with van der Waals surface area (Å²) in [7, 11) is 1.50. The van der Waals surface area contributed by atoms with E-state index in [2.05, 4.69) is 5.32 Å². The largest absolute Gasteiger partial charge is 0.495 e. The van der Waals surface area contributed by atoms with Gasteiger partial charge in [-0.3, -0.25) is 4.79 Å². The van der Waals surface area contributed by atoms with E-state index in [-0.39, 0.29) is 0 Å². The van der Waals surface area contributed by atoms with Crippen LogP contribution in [-0.4, -0.2) is 24.2 Å². The van der Waals surface area contributed by atoms with Crippen molar-refractivity contribution in [3.05, 3.63) is 29.3 Å². The van der Waals surface area contributed by atoms with Gasteiger partial charge in [-0.05, 0) is 24.6 Å². The lowest BCUT2D eigenvalue weighted by Crippen LogP contribution is -2.33. The van der Waals surface area contributed by atoms with Gasteiger partial charge in [-0.25, -0.2) is 0 Å². The Balaban J connectivity index is 2.74. The van der Waals surface area contributed by atoms with Crippen molar-refractivity contribution in [1.82, 2.24) is 5.32 Å². The average Bonchev–Trinajstić information content (AvgIpc) is 2.35. The molecule has 1 unspecified atom stereocenters. The molecule has 2 N–H and O–H groups in total. The Morgan fingerprint density at radius 2 is 2.35 bits per heavy atom. The maximum atomic E-state index is 10.6. The van der Waals surface area contributed by atoms with Crippen LogP contribution in [0.1, 0.15) is 18.1 Å². The van der Waals surface area contributed by atoms with E-state index < -0.39 is 12.0 Å². The summed E-state index contributed by atoms with van der Waals surface area (Å²) < 4.78 is 5.02. The van der Waals surface area contributed by atoms with Crippen molar-refractivity contribution < 1.29 is 14.6 Å². The second kappa shape index (κ2) is 5.87. The van der Waals surface area contributed by atoms with Crippen LogP contribution in [0.2, 0.25) is 0 Å². The fraction of sp³-hybridized carbons (Fsp3) is 0.333. The standard InChI is InChI=1S/C12H14N2O3/c1-8(12(15)16)14-7-9-3-4-11(17-2)10(5-9)6-13/h3-5,8,14H,7H2,1-2H3,(H,15,16). The van der Waals surface area contributed by atoms with Crippen LogP contribution in [-0.2, 0) is 11.3 Å². The molecule has 0 spiro atoms. The molecule has 0 saturated carbocycles. The topological polar surface area (TPSA) is 82.3 Å². The van der Waals surface area contributed by atoms with E-state index in [4.69, 9.17) is 15.1 Å². The van der Waals surface area contributed by atoms with Crippen LogP contribution in [0.5, 0.6) is 5.75 Å². The molecular formula is C12H14N2O3. The molecule has 1 rings (SSSR count). The molecule has 1 aromatic carbocycles. The highest BCUT2D eigenvalue weighted by atomic mass is 16.5. The molecule has 0 heterocycles. The van der Waals surface area contributed by atoms with Gasteiger partial charge in [0.1, 0.15) is 17.9 Å². The van der Waals surface area contributed by atoms with Gasteiger partial charge in [0.15, 0.2) is 0 Å². The first kappa shape index (κ1) is 13.0. The summed E-state index contributed by atoms with van der Waals surface area (Å²) in [5.74, 6) is -0.387. The average molecular weight is 234 g/mol. The van der Waals surface area contributed by atoms with E-state index in [0.29, 0.717) is 17.9 Å². The van der Waals surface area contributed by atoms with Crippen LogP contribution >= 0.6 is 0 Å². The summed E-state index contributed by atoms with van der Waals surface area (Å²) in [5.41, 5.74) is 1.28. The third-order valence-corrected chi connectivity index (χ3v) is 2.37. The van der Waals surface area contributed by atoms with Crippen LogP contribution in [0.15, 0.2) is 18.2 Å². The van der Waals surface area contributed by atoms with Crippen molar-refractivity contribution in [3.8, 4) is 11.8 Å². The number of carbonyl (C=O) groups is 1. The first-order chi connectivity index (χ1) is 8.08. The van der Waals surface area contributed by atoms with E-state index in [0.717, 1.165) is 5.56 Å². The van der Waals surface area contributed by atoms with Crippen LogP contribution in [0.25, 0.3) is 0 Å². The molecule has 5 nitrogen and oxygen atoms in total. The first-order valence-electron chi connectivity index (χ1n) is 5.11. The minimum Gasteiger partial charge on any atom is -0.495 e. The Morgan fingerprint density at radius 1 is 1.65 bits per heavy atom. The number of nitrogens with one attached hydrogen (secondary N) is 1. The Morgan fingerprint density at radius 3 is 2.88 bits per heavy atom. The zero-order valence-corrected chi connectivity index (χ0v) is 9.73. The minimum absolute atomic E-state index is 0.395. The summed E-state index contributed by atoms with van der Waals surface area (Å²) >= 11 is 0. The fourth-order valence-electron chi connectivity index (χ4n) is 1.31. The van der Waals surface area contributed by atoms with Crippen molar-refractivity contribution in [2.24, 2.45) is 0 Å². The summed E-state index contributed by atoms with van der Waals surface area (Å²) in [6, 6.07) is 6.57. The number of aliphatic carboxylic acids is 1. The van der Waals surface area contributed by atoms with Gasteiger partial charge in [-0.2, -0.15) is 5.26 Å². The number of carboxylic acids is 1. The molecule has 1 aromatic rings. The van der Waals surface area contributed by atoms with Gasteiger partial charge in [0.05, 0.1) is 12.7 Å². The van der Waals surface area contributed by atoms with Gasteiger partial charge in [0.25, 0.3) is 0 Å². The molecule has 0 saturated heterocycles. The normalized spacial score (nSPS) is 11.6. The van der Waals surface area contributed by atoms with Crippen LogP contribution in [0.4, 0.5) is 0 Å². The van der Waals surface area contributed by atoms with Gasteiger partial charge in [0.2, 0.25) is 0 Å². The SMILES string of the molecule is COc1ccc(CNC(C)C(=O)O)cc1C#N. The van der Waals surface area contributed by atoms with E-state index in [1.807, 2.05) is 6.07 Å². The second-order valence-corrected chi connectivity index (χ2v) is 3.59. The number of ether oxygens (including phenoxy) is 1. The van der Waals surface area contributed by atoms with E-state index in [9.17, 15) is 4.79 Å². The molecule has 0 bridgehead atoms. The molecule has 0 aliphatic carbocycles. The van der Waals surface area contributed by atoms with Crippen molar-refractivity contribution in [2.75, 3.05) is 7.11 Å². The molecule has 1 atom stereocenters. The molecule has 90 valence electrons. The Hall–Kier alpha value is -2.06. The Labute approximate surface area is 99.6 Å². The lowest BCUT2D eigenvalue weighted by molar-refractivity contribution is -0.139. The number of nitriles is 1. The Bertz CT molecular complexity index is 452. The van der Waals surface area contributed by atoms with E-state index in [1.54, 1.807) is 25.1 Å². The monoisotopic (exact) mass is 234 g/mol. The minimum atomic E-state index is -0.904. The molecule has 0 aromatic heterocycles. The fourth-order valence-corrected chi connectivity index (χ4v) is 1.31. The van der Waals surface area contributed by atoms with Gasteiger partial charge in [-0.1, -0.05) is 6.07 Å². The highest BCUT2D eigenvalue weighted by Crippen LogP contribution is 2.18. The number of nitrogens with zero attached hydrogens (tertiary/aromatic N) is 1. The van der Waals surface area contributed by atoms with E-state index in [1.165, 1.54) is 7.11 Å². The quantitative estimate of drug-likeness (QED) is 0.798. The first-order valence-corrected chi connectivity index (χ1v) is 5.11. The molecule has 0 aliphatic rings. The van der Waals surface area contributed by atoms with Crippen molar-refractivity contribution in [3.63, 3.8) is 0 Å². The molecule has 5 heteroatoms. The molecule has 0 amide bonds. The molecule has 17 heavy (non-hydrogen) atoms. The smallest absolute Gasteiger partial charge is 0.320 e. The number of hydrogen-bond acceptors (Lipinski definition) is 4. The number of hydrogen-bond donors (Lipinski definition) is 2. The predicted octanol–water partition coefficient (Wildman–Crippen LogP) is 1.13. The third kappa shape index (κ3) is 3.47. The van der Waals surface area contributed by atoms with Gasteiger partial charge in [0, 0.05) is 6.54 Å². The van der Waals surface area contributed by atoms with Gasteiger partial charge in [-0.15, -0.1) is 0 Å². The molecule has 0 aliphatic heterocycles. The van der Waals surface area contributed by atoms with Crippen molar-refractivity contribution in [1.29, 1.82) is 5.26 Å². The summed E-state index contributed by atoms with van der Waals surface area (Å²) in [6.07, 6.45) is 0. The molecule has 0 radical (unpaired) electrons. The number of benzene rings is 1. The molecular weight excluding hydrogens is 220 g/mol. The van der Waals surface area contributed by atoms with Crippen molar-refractivity contribution >= 4 is 5.97 Å². The summed E-state index contributed by atoms with van der Waals surface area (Å²) in [4.78, 5) is 10.6. The van der Waals surface area contributed by atoms with Crippen LogP contribution in [0.3, 0.4) is 0 Å². The predicted molar refractivity (Wildman–Crippen MR) is 61.6 cm³/mol. The van der Waals surface area contributed by atoms with Crippen LogP contribution < -0.4 is 10.1 Å². The number of methoxy groups -OCH3 is 1. The highest BCUT2D eigenvalue weighted by molar-refractivity contribution is 5.72. The highest BCUT2D eigenvalue weighted by Gasteiger charge is 2.10. The van der Waals surface area contributed by atoms with Crippen LogP contribution in [0, 0.1) is 11.3 Å². The molecule has 0 fully saturated rings. The van der Waals surface area contributed by atoms with Gasteiger partial charge >= 0.3 is 5.97 Å². The maximum Gasteiger partial charge on any atom is 0.320 e. The lowest BCUT2D eigenvalue weighted by Gasteiger charge is -2.10. The van der Waals surface area contributed by atoms with Crippen molar-refractivity contribution in [2.45, 2.75) is 19.5 Å². The lowest BCUT2D eigenvalue weighted by atomic mass is 10.1. The zero-order chi connectivity index (χ0) is 12.8. The third-order valence-electron chi connectivity index (χ3n) is 2.37. The maximum absolute atomic E-state index is 10.6. The number of rotatable bonds is 5. The summed E-state index contributed by atoms with van der Waals surface area (Å²) in [6.45, 7) is 1.96. The Kier molecular flexibility index (Phi) is 4.49. The summed E-state index contributed by atoms with van der Waals surface area (Å²) in [5, 5.41) is 20.4. The zero-order valence-electron chi connectivity index (χ0n) is 9.73. The second-order valence-electron chi connectivity index (χ2n) is 3.59.